The van der Waals surface area contributed by atoms with Gasteiger partial charge in [0.2, 0.25) is 5.91 Å². The van der Waals surface area contributed by atoms with Crippen LogP contribution in [-0.4, -0.2) is 27.2 Å². The van der Waals surface area contributed by atoms with Gasteiger partial charge in [0.25, 0.3) is 0 Å². The van der Waals surface area contributed by atoms with Gasteiger partial charge in [-0.1, -0.05) is 17.7 Å². The second-order valence-corrected chi connectivity index (χ2v) is 4.00. The molecule has 1 amide bonds. The van der Waals surface area contributed by atoms with E-state index in [9.17, 15) is 4.79 Å². The second-order valence-electron chi connectivity index (χ2n) is 3.18. The Morgan fingerprint density at radius 2 is 2.00 bits per heavy atom. The van der Waals surface area contributed by atoms with Crippen molar-refractivity contribution >= 4 is 29.1 Å². The van der Waals surface area contributed by atoms with Gasteiger partial charge in [0.05, 0.1) is 19.2 Å². The SMILES string of the molecule is CNC(=O)C(Cl)c1ccc(OC)c(OC)c1Cl. The number of alkyl halides is 1. The van der Waals surface area contributed by atoms with Crippen LogP contribution in [0.15, 0.2) is 12.1 Å². The lowest BCUT2D eigenvalue weighted by atomic mass is 10.1. The molecule has 17 heavy (non-hydrogen) atoms. The van der Waals surface area contributed by atoms with E-state index in [1.165, 1.54) is 21.3 Å². The minimum absolute atomic E-state index is 0.274. The molecule has 1 aromatic carbocycles. The Bertz CT molecular complexity index is 423. The van der Waals surface area contributed by atoms with Crippen molar-refractivity contribution in [1.82, 2.24) is 5.32 Å². The fourth-order valence-corrected chi connectivity index (χ4v) is 2.06. The number of benzene rings is 1. The third-order valence-electron chi connectivity index (χ3n) is 2.26. The predicted octanol–water partition coefficient (Wildman–Crippen LogP) is 2.38. The van der Waals surface area contributed by atoms with Gasteiger partial charge in [-0.25, -0.2) is 0 Å². The Labute approximate surface area is 110 Å². The Morgan fingerprint density at radius 1 is 1.35 bits per heavy atom. The van der Waals surface area contributed by atoms with Gasteiger partial charge in [-0.3, -0.25) is 4.79 Å². The van der Waals surface area contributed by atoms with E-state index in [0.717, 1.165) is 0 Å². The summed E-state index contributed by atoms with van der Waals surface area (Å²) in [6, 6.07) is 3.29. The lowest BCUT2D eigenvalue weighted by Gasteiger charge is -2.15. The first kappa shape index (κ1) is 13.9. The van der Waals surface area contributed by atoms with Crippen LogP contribution in [0.1, 0.15) is 10.9 Å². The minimum atomic E-state index is -0.868. The van der Waals surface area contributed by atoms with Gasteiger partial charge in [0.15, 0.2) is 11.5 Å². The molecule has 0 bridgehead atoms. The molecule has 6 heteroatoms. The van der Waals surface area contributed by atoms with Gasteiger partial charge in [-0.15, -0.1) is 11.6 Å². The van der Waals surface area contributed by atoms with Crippen molar-refractivity contribution in [3.05, 3.63) is 22.7 Å². The van der Waals surface area contributed by atoms with Crippen LogP contribution in [0.3, 0.4) is 0 Å². The van der Waals surface area contributed by atoms with E-state index in [2.05, 4.69) is 5.32 Å². The third kappa shape index (κ3) is 2.76. The number of amides is 1. The molecule has 1 N–H and O–H groups in total. The summed E-state index contributed by atoms with van der Waals surface area (Å²) in [7, 11) is 4.48. The molecule has 0 aromatic heterocycles. The number of rotatable bonds is 4. The van der Waals surface area contributed by atoms with E-state index in [4.69, 9.17) is 32.7 Å². The summed E-state index contributed by atoms with van der Waals surface area (Å²) >= 11 is 12.1. The lowest BCUT2D eigenvalue weighted by Crippen LogP contribution is -2.22. The maximum atomic E-state index is 11.4. The molecular formula is C11H13Cl2NO3. The summed E-state index contributed by atoms with van der Waals surface area (Å²) in [4.78, 5) is 11.4. The minimum Gasteiger partial charge on any atom is -0.493 e. The number of likely N-dealkylation sites (N-methyl/N-ethyl adjacent to an activating group) is 1. The smallest absolute Gasteiger partial charge is 0.242 e. The highest BCUT2D eigenvalue weighted by atomic mass is 35.5. The molecule has 0 fully saturated rings. The molecule has 0 heterocycles. The molecule has 0 saturated carbocycles. The molecule has 1 aromatic rings. The number of hydrogen-bond acceptors (Lipinski definition) is 3. The Kier molecular flexibility index (Phi) is 4.90. The highest BCUT2D eigenvalue weighted by Gasteiger charge is 2.23. The van der Waals surface area contributed by atoms with Gasteiger partial charge < -0.3 is 14.8 Å². The zero-order valence-electron chi connectivity index (χ0n) is 9.71. The molecular weight excluding hydrogens is 265 g/mol. The van der Waals surface area contributed by atoms with Crippen LogP contribution in [0.2, 0.25) is 5.02 Å². The first-order chi connectivity index (χ1) is 8.06. The van der Waals surface area contributed by atoms with Crippen molar-refractivity contribution in [3.63, 3.8) is 0 Å². The molecule has 0 saturated heterocycles. The number of carbonyl (C=O) groups is 1. The quantitative estimate of drug-likeness (QED) is 0.860. The third-order valence-corrected chi connectivity index (χ3v) is 3.09. The van der Waals surface area contributed by atoms with Crippen LogP contribution < -0.4 is 14.8 Å². The number of ether oxygens (including phenoxy) is 2. The standard InChI is InChI=1S/C11H13Cl2NO3/c1-14-11(15)9(13)6-4-5-7(16-2)10(17-3)8(6)12/h4-5,9H,1-3H3,(H,14,15). The van der Waals surface area contributed by atoms with Crippen LogP contribution in [-0.2, 0) is 4.79 Å². The van der Waals surface area contributed by atoms with Gasteiger partial charge in [-0.2, -0.15) is 0 Å². The van der Waals surface area contributed by atoms with E-state index < -0.39 is 5.38 Å². The molecule has 0 aliphatic rings. The van der Waals surface area contributed by atoms with E-state index >= 15 is 0 Å². The second kappa shape index (κ2) is 5.98. The number of nitrogens with one attached hydrogen (secondary N) is 1. The zero-order valence-corrected chi connectivity index (χ0v) is 11.2. The molecule has 1 rings (SSSR count). The van der Waals surface area contributed by atoms with E-state index in [-0.39, 0.29) is 10.9 Å². The highest BCUT2D eigenvalue weighted by molar-refractivity contribution is 6.37. The van der Waals surface area contributed by atoms with Crippen LogP contribution >= 0.6 is 23.2 Å². The molecule has 1 atom stereocenters. The molecule has 94 valence electrons. The molecule has 0 aliphatic carbocycles. The first-order valence-electron chi connectivity index (χ1n) is 4.82. The molecule has 0 spiro atoms. The van der Waals surface area contributed by atoms with E-state index in [0.29, 0.717) is 17.1 Å². The largest absolute Gasteiger partial charge is 0.493 e. The van der Waals surface area contributed by atoms with Gasteiger partial charge >= 0.3 is 0 Å². The average molecular weight is 278 g/mol. The van der Waals surface area contributed by atoms with Crippen LogP contribution in [0.25, 0.3) is 0 Å². The summed E-state index contributed by atoms with van der Waals surface area (Å²) in [5.74, 6) is 0.518. The van der Waals surface area contributed by atoms with Crippen molar-refractivity contribution in [1.29, 1.82) is 0 Å². The number of hydrogen-bond donors (Lipinski definition) is 1. The number of halogens is 2. The Balaban J connectivity index is 3.23. The highest BCUT2D eigenvalue weighted by Crippen LogP contribution is 2.41. The van der Waals surface area contributed by atoms with Gasteiger partial charge in [-0.05, 0) is 6.07 Å². The number of methoxy groups -OCH3 is 2. The number of carbonyl (C=O) groups excluding carboxylic acids is 1. The van der Waals surface area contributed by atoms with Crippen LogP contribution in [0.4, 0.5) is 0 Å². The monoisotopic (exact) mass is 277 g/mol. The lowest BCUT2D eigenvalue weighted by molar-refractivity contribution is -0.120. The molecule has 0 aliphatic heterocycles. The van der Waals surface area contributed by atoms with Gasteiger partial charge in [0, 0.05) is 12.6 Å². The fourth-order valence-electron chi connectivity index (χ4n) is 1.37. The van der Waals surface area contributed by atoms with Gasteiger partial charge in [0.1, 0.15) is 5.38 Å². The Morgan fingerprint density at radius 3 is 2.47 bits per heavy atom. The summed E-state index contributed by atoms with van der Waals surface area (Å²) in [6.45, 7) is 0. The average Bonchev–Trinajstić information content (AvgIpc) is 2.36. The van der Waals surface area contributed by atoms with E-state index in [1.807, 2.05) is 0 Å². The molecule has 0 radical (unpaired) electrons. The predicted molar refractivity (Wildman–Crippen MR) is 67.2 cm³/mol. The molecule has 4 nitrogen and oxygen atoms in total. The normalized spacial score (nSPS) is 11.8. The van der Waals surface area contributed by atoms with Crippen molar-refractivity contribution in [2.24, 2.45) is 0 Å². The topological polar surface area (TPSA) is 47.6 Å². The summed E-state index contributed by atoms with van der Waals surface area (Å²) < 4.78 is 10.2. The molecule has 1 unspecified atom stereocenters. The van der Waals surface area contributed by atoms with Crippen molar-refractivity contribution in [2.75, 3.05) is 21.3 Å². The first-order valence-corrected chi connectivity index (χ1v) is 5.64. The maximum absolute atomic E-state index is 11.4. The fraction of sp³-hybridized carbons (Fsp3) is 0.364. The summed E-state index contributed by atoms with van der Waals surface area (Å²) in [6.07, 6.45) is 0. The van der Waals surface area contributed by atoms with Crippen molar-refractivity contribution in [2.45, 2.75) is 5.38 Å². The zero-order chi connectivity index (χ0) is 13.0. The maximum Gasteiger partial charge on any atom is 0.242 e. The van der Waals surface area contributed by atoms with Crippen molar-refractivity contribution < 1.29 is 14.3 Å². The van der Waals surface area contributed by atoms with Crippen LogP contribution in [0.5, 0.6) is 11.5 Å². The summed E-state index contributed by atoms with van der Waals surface area (Å²) in [5.41, 5.74) is 0.477. The summed E-state index contributed by atoms with van der Waals surface area (Å²) in [5, 5.41) is 1.86. The Hall–Kier alpha value is -1.13. The van der Waals surface area contributed by atoms with Crippen molar-refractivity contribution in [3.8, 4) is 11.5 Å². The van der Waals surface area contributed by atoms with Crippen LogP contribution in [0, 0.1) is 0 Å². The van der Waals surface area contributed by atoms with E-state index in [1.54, 1.807) is 12.1 Å².